The number of aromatic nitrogens is 3. The third-order valence-electron chi connectivity index (χ3n) is 2.26. The van der Waals surface area contributed by atoms with Gasteiger partial charge in [0, 0.05) is 6.07 Å². The normalized spacial score (nSPS) is 10.4. The Morgan fingerprint density at radius 1 is 1.53 bits per heavy atom. The highest BCUT2D eigenvalue weighted by Gasteiger charge is 2.20. The van der Waals surface area contributed by atoms with E-state index in [1.165, 1.54) is 24.4 Å². The largest absolute Gasteiger partial charge is 0.481 e. The van der Waals surface area contributed by atoms with Crippen LogP contribution in [0.4, 0.5) is 5.69 Å². The van der Waals surface area contributed by atoms with Gasteiger partial charge in [-0.3, -0.25) is 14.9 Å². The monoisotopic (exact) mass is 282 g/mol. The lowest BCUT2D eigenvalue weighted by Gasteiger charge is -2.03. The molecular weight excluding hydrogens is 276 g/mol. The molecule has 0 spiro atoms. The molecule has 0 amide bonds. The number of nitrogens with zero attached hydrogens (tertiary/aromatic N) is 4. The Balaban J connectivity index is 2.49. The van der Waals surface area contributed by atoms with Gasteiger partial charge in [0.25, 0.3) is 5.69 Å². The summed E-state index contributed by atoms with van der Waals surface area (Å²) in [5.41, 5.74) is -0.000650. The molecule has 0 atom stereocenters. The van der Waals surface area contributed by atoms with Crippen molar-refractivity contribution < 1.29 is 14.8 Å². The Bertz CT molecular complexity index is 655. The summed E-state index contributed by atoms with van der Waals surface area (Å²) >= 11 is 5.91. The van der Waals surface area contributed by atoms with Gasteiger partial charge >= 0.3 is 5.97 Å². The number of aliphatic carboxylic acids is 1. The number of halogens is 1. The van der Waals surface area contributed by atoms with Crippen LogP contribution in [-0.2, 0) is 11.2 Å². The summed E-state index contributed by atoms with van der Waals surface area (Å²) in [6.07, 6.45) is 0.973. The summed E-state index contributed by atoms with van der Waals surface area (Å²) in [6, 6.07) is 4.20. The number of rotatable bonds is 4. The zero-order chi connectivity index (χ0) is 14.0. The zero-order valence-corrected chi connectivity index (χ0v) is 10.1. The second-order valence-corrected chi connectivity index (χ2v) is 4.00. The van der Waals surface area contributed by atoms with Crippen molar-refractivity contribution in [2.24, 2.45) is 0 Å². The second-order valence-electron chi connectivity index (χ2n) is 3.59. The van der Waals surface area contributed by atoms with E-state index in [0.717, 1.165) is 4.68 Å². The van der Waals surface area contributed by atoms with Crippen LogP contribution in [0.5, 0.6) is 0 Å². The average molecular weight is 283 g/mol. The fraction of sp³-hybridized carbons (Fsp3) is 0.100. The molecule has 2 rings (SSSR count). The molecule has 0 aliphatic carbocycles. The molecule has 19 heavy (non-hydrogen) atoms. The zero-order valence-electron chi connectivity index (χ0n) is 9.36. The van der Waals surface area contributed by atoms with Gasteiger partial charge in [0.1, 0.15) is 0 Å². The maximum atomic E-state index is 10.9. The highest BCUT2D eigenvalue weighted by molar-refractivity contribution is 6.32. The quantitative estimate of drug-likeness (QED) is 0.671. The van der Waals surface area contributed by atoms with Crippen LogP contribution < -0.4 is 0 Å². The first kappa shape index (κ1) is 13.0. The maximum absolute atomic E-state index is 10.9. The van der Waals surface area contributed by atoms with Crippen LogP contribution in [-0.4, -0.2) is 31.0 Å². The first-order valence-electron chi connectivity index (χ1n) is 5.05. The predicted octanol–water partition coefficient (Wildman–Crippen LogP) is 1.46. The Morgan fingerprint density at radius 3 is 2.89 bits per heavy atom. The van der Waals surface area contributed by atoms with Crippen molar-refractivity contribution in [3.05, 3.63) is 45.2 Å². The van der Waals surface area contributed by atoms with E-state index in [2.05, 4.69) is 10.3 Å². The van der Waals surface area contributed by atoms with Crippen LogP contribution in [0.15, 0.2) is 24.4 Å². The molecule has 0 unspecified atom stereocenters. The van der Waals surface area contributed by atoms with Gasteiger partial charge < -0.3 is 5.11 Å². The van der Waals surface area contributed by atoms with Crippen LogP contribution in [0, 0.1) is 10.1 Å². The number of carbonyl (C=O) groups is 1. The van der Waals surface area contributed by atoms with E-state index in [1.54, 1.807) is 0 Å². The Hall–Kier alpha value is -2.48. The molecule has 0 fully saturated rings. The molecule has 98 valence electrons. The number of nitro groups is 1. The first-order chi connectivity index (χ1) is 8.99. The molecule has 0 saturated heterocycles. The van der Waals surface area contributed by atoms with E-state index in [1.807, 2.05) is 0 Å². The van der Waals surface area contributed by atoms with Gasteiger partial charge in [0.2, 0.25) is 0 Å². The first-order valence-corrected chi connectivity index (χ1v) is 5.43. The minimum atomic E-state index is -1.07. The molecule has 1 aromatic carbocycles. The smallest absolute Gasteiger partial charge is 0.309 e. The predicted molar refractivity (Wildman–Crippen MR) is 64.4 cm³/mol. The van der Waals surface area contributed by atoms with Crippen molar-refractivity contribution in [2.45, 2.75) is 6.42 Å². The van der Waals surface area contributed by atoms with E-state index in [0.29, 0.717) is 0 Å². The van der Waals surface area contributed by atoms with Crippen LogP contribution in [0.25, 0.3) is 5.69 Å². The molecular formula is C10H7ClN4O4. The lowest BCUT2D eigenvalue weighted by molar-refractivity contribution is -0.384. The highest BCUT2D eigenvalue weighted by Crippen LogP contribution is 2.29. The Kier molecular flexibility index (Phi) is 3.43. The number of carboxylic acid groups (broad SMARTS) is 1. The molecule has 0 aliphatic heterocycles. The van der Waals surface area contributed by atoms with E-state index in [9.17, 15) is 14.9 Å². The minimum absolute atomic E-state index is 0.0540. The SMILES string of the molecule is O=C(O)Cc1cn(-c2c(Cl)cccc2[N+](=O)[O-])nn1. The van der Waals surface area contributed by atoms with Gasteiger partial charge in [-0.05, 0) is 6.07 Å². The van der Waals surface area contributed by atoms with E-state index in [4.69, 9.17) is 16.7 Å². The molecule has 0 bridgehead atoms. The van der Waals surface area contributed by atoms with Gasteiger partial charge in [-0.25, -0.2) is 4.68 Å². The summed E-state index contributed by atoms with van der Waals surface area (Å²) in [7, 11) is 0. The summed E-state index contributed by atoms with van der Waals surface area (Å²) in [5.74, 6) is -1.07. The fourth-order valence-electron chi connectivity index (χ4n) is 1.52. The van der Waals surface area contributed by atoms with Crippen molar-refractivity contribution in [1.29, 1.82) is 0 Å². The van der Waals surface area contributed by atoms with Gasteiger partial charge in [0.15, 0.2) is 5.69 Å². The third kappa shape index (κ3) is 2.68. The standard InChI is InChI=1S/C10H7ClN4O4/c11-7-2-1-3-8(15(18)19)10(7)14-5-6(12-13-14)4-9(16)17/h1-3,5H,4H2,(H,16,17). The van der Waals surface area contributed by atoms with Crippen LogP contribution in [0.1, 0.15) is 5.69 Å². The van der Waals surface area contributed by atoms with Gasteiger partial charge in [0.05, 0.1) is 28.3 Å². The molecule has 8 nitrogen and oxygen atoms in total. The molecule has 0 aliphatic rings. The van der Waals surface area contributed by atoms with E-state index in [-0.39, 0.29) is 28.5 Å². The molecule has 0 radical (unpaired) electrons. The number of hydrogen-bond acceptors (Lipinski definition) is 5. The topological polar surface area (TPSA) is 111 Å². The number of nitro benzene ring substituents is 1. The van der Waals surface area contributed by atoms with Crippen molar-refractivity contribution in [1.82, 2.24) is 15.0 Å². The second kappa shape index (κ2) is 5.02. The summed E-state index contributed by atoms with van der Waals surface area (Å²) in [5, 5.41) is 27.0. The van der Waals surface area contributed by atoms with E-state index < -0.39 is 10.9 Å². The van der Waals surface area contributed by atoms with Crippen molar-refractivity contribution >= 4 is 23.3 Å². The summed E-state index contributed by atoms with van der Waals surface area (Å²) in [6.45, 7) is 0. The molecule has 1 N–H and O–H groups in total. The van der Waals surface area contributed by atoms with Gasteiger partial charge in [-0.2, -0.15) is 0 Å². The van der Waals surface area contributed by atoms with Crippen molar-refractivity contribution in [3.8, 4) is 5.69 Å². The molecule has 9 heteroatoms. The minimum Gasteiger partial charge on any atom is -0.481 e. The number of hydrogen-bond donors (Lipinski definition) is 1. The lowest BCUT2D eigenvalue weighted by atomic mass is 10.2. The average Bonchev–Trinajstić information content (AvgIpc) is 2.75. The maximum Gasteiger partial charge on any atom is 0.309 e. The van der Waals surface area contributed by atoms with Crippen molar-refractivity contribution in [2.75, 3.05) is 0 Å². The summed E-state index contributed by atoms with van der Waals surface area (Å²) < 4.78 is 1.10. The van der Waals surface area contributed by atoms with Gasteiger partial charge in [-0.1, -0.05) is 22.9 Å². The third-order valence-corrected chi connectivity index (χ3v) is 2.57. The fourth-order valence-corrected chi connectivity index (χ4v) is 1.78. The molecule has 2 aromatic rings. The summed E-state index contributed by atoms with van der Waals surface area (Å²) in [4.78, 5) is 20.9. The Labute approximate surface area is 111 Å². The molecule has 1 aromatic heterocycles. The number of para-hydroxylation sites is 1. The lowest BCUT2D eigenvalue weighted by Crippen LogP contribution is -2.02. The number of benzene rings is 1. The molecule has 0 saturated carbocycles. The van der Waals surface area contributed by atoms with Crippen molar-refractivity contribution in [3.63, 3.8) is 0 Å². The Morgan fingerprint density at radius 2 is 2.26 bits per heavy atom. The molecule has 1 heterocycles. The van der Waals surface area contributed by atoms with Crippen LogP contribution in [0.3, 0.4) is 0 Å². The highest BCUT2D eigenvalue weighted by atomic mass is 35.5. The number of carboxylic acids is 1. The van der Waals surface area contributed by atoms with Crippen LogP contribution in [0.2, 0.25) is 5.02 Å². The van der Waals surface area contributed by atoms with E-state index >= 15 is 0 Å². The van der Waals surface area contributed by atoms with Gasteiger partial charge in [-0.15, -0.1) is 5.10 Å². The van der Waals surface area contributed by atoms with Crippen LogP contribution >= 0.6 is 11.6 Å².